The molecular weight excluding hydrogens is 337 g/mol. The van der Waals surface area contributed by atoms with Crippen LogP contribution in [0.2, 0.25) is 0 Å². The van der Waals surface area contributed by atoms with E-state index in [1.54, 1.807) is 24.7 Å². The number of anilines is 2. The summed E-state index contributed by atoms with van der Waals surface area (Å²) in [5.41, 5.74) is 1.45. The lowest BCUT2D eigenvalue weighted by atomic mass is 10.0. The van der Waals surface area contributed by atoms with E-state index in [0.717, 1.165) is 18.8 Å². The van der Waals surface area contributed by atoms with E-state index >= 15 is 0 Å². The molecule has 2 heterocycles. The van der Waals surface area contributed by atoms with Gasteiger partial charge < -0.3 is 16.0 Å². The standard InChI is InChI=1S/C15H17N5O.2ClH/c21-15(19-9-11-7-17-8-11)12-2-1-3-13(6-12)20-14-10-16-4-5-18-14;;/h1-6,10-11,17H,7-9H2,(H,18,20)(H,19,21);2*1H. The maximum atomic E-state index is 12.1. The minimum atomic E-state index is -0.0512. The maximum Gasteiger partial charge on any atom is 0.251 e. The van der Waals surface area contributed by atoms with Crippen molar-refractivity contribution in [3.8, 4) is 0 Å². The Kier molecular flexibility index (Phi) is 7.74. The highest BCUT2D eigenvalue weighted by molar-refractivity contribution is 5.95. The average Bonchev–Trinajstić information content (AvgIpc) is 2.47. The van der Waals surface area contributed by atoms with Crippen LogP contribution in [0.5, 0.6) is 0 Å². The largest absolute Gasteiger partial charge is 0.352 e. The van der Waals surface area contributed by atoms with Crippen molar-refractivity contribution in [3.63, 3.8) is 0 Å². The lowest BCUT2D eigenvalue weighted by molar-refractivity contribution is 0.0942. The molecule has 8 heteroatoms. The Morgan fingerprint density at radius 3 is 2.74 bits per heavy atom. The summed E-state index contributed by atoms with van der Waals surface area (Å²) in [5, 5.41) is 9.27. The third-order valence-electron chi connectivity index (χ3n) is 3.38. The fourth-order valence-electron chi connectivity index (χ4n) is 2.08. The van der Waals surface area contributed by atoms with Crippen molar-refractivity contribution < 1.29 is 4.79 Å². The van der Waals surface area contributed by atoms with Gasteiger partial charge in [0.2, 0.25) is 0 Å². The van der Waals surface area contributed by atoms with Crippen molar-refractivity contribution in [2.75, 3.05) is 25.0 Å². The molecule has 0 saturated carbocycles. The van der Waals surface area contributed by atoms with E-state index in [1.807, 2.05) is 18.2 Å². The van der Waals surface area contributed by atoms with Gasteiger partial charge >= 0.3 is 0 Å². The molecule has 0 radical (unpaired) electrons. The number of hydrogen-bond acceptors (Lipinski definition) is 5. The van der Waals surface area contributed by atoms with Gasteiger partial charge in [-0.25, -0.2) is 4.98 Å². The number of amides is 1. The Morgan fingerprint density at radius 2 is 2.09 bits per heavy atom. The molecule has 0 atom stereocenters. The summed E-state index contributed by atoms with van der Waals surface area (Å²) in [6.07, 6.45) is 4.87. The third-order valence-corrected chi connectivity index (χ3v) is 3.38. The molecule has 6 nitrogen and oxygen atoms in total. The molecule has 1 aromatic heterocycles. The van der Waals surface area contributed by atoms with Crippen LogP contribution in [0.15, 0.2) is 42.9 Å². The zero-order valence-electron chi connectivity index (χ0n) is 12.4. The first-order chi connectivity index (χ1) is 10.3. The molecule has 1 saturated heterocycles. The smallest absolute Gasteiger partial charge is 0.251 e. The first kappa shape index (κ1) is 19.2. The molecule has 23 heavy (non-hydrogen) atoms. The van der Waals surface area contributed by atoms with E-state index in [2.05, 4.69) is 25.9 Å². The second kappa shape index (κ2) is 9.29. The van der Waals surface area contributed by atoms with Crippen LogP contribution >= 0.6 is 24.8 Å². The quantitative estimate of drug-likeness (QED) is 0.764. The van der Waals surface area contributed by atoms with Crippen molar-refractivity contribution in [2.45, 2.75) is 0 Å². The van der Waals surface area contributed by atoms with E-state index in [9.17, 15) is 4.79 Å². The Morgan fingerprint density at radius 1 is 1.26 bits per heavy atom. The molecule has 1 amide bonds. The third kappa shape index (κ3) is 5.35. The predicted octanol–water partition coefficient (Wildman–Crippen LogP) is 2.01. The molecule has 2 aromatic rings. The van der Waals surface area contributed by atoms with Gasteiger partial charge in [0.05, 0.1) is 6.20 Å². The van der Waals surface area contributed by atoms with Crippen molar-refractivity contribution in [1.82, 2.24) is 20.6 Å². The van der Waals surface area contributed by atoms with E-state index in [1.165, 1.54) is 0 Å². The Balaban J connectivity index is 0.00000132. The monoisotopic (exact) mass is 355 g/mol. The van der Waals surface area contributed by atoms with Crippen LogP contribution in [0.4, 0.5) is 11.5 Å². The molecule has 0 aliphatic carbocycles. The van der Waals surface area contributed by atoms with Crippen LogP contribution in [-0.4, -0.2) is 35.5 Å². The van der Waals surface area contributed by atoms with Crippen LogP contribution in [0.1, 0.15) is 10.4 Å². The fourth-order valence-corrected chi connectivity index (χ4v) is 2.08. The van der Waals surface area contributed by atoms with Gasteiger partial charge in [-0.3, -0.25) is 9.78 Å². The number of aromatic nitrogens is 2. The summed E-state index contributed by atoms with van der Waals surface area (Å²) in [7, 11) is 0. The molecule has 1 fully saturated rings. The molecule has 0 bridgehead atoms. The van der Waals surface area contributed by atoms with Gasteiger partial charge in [0.25, 0.3) is 5.91 Å². The molecule has 124 valence electrons. The Bertz CT molecular complexity index is 622. The normalized spacial score (nSPS) is 13.0. The summed E-state index contributed by atoms with van der Waals surface area (Å²) >= 11 is 0. The molecule has 0 spiro atoms. The minimum Gasteiger partial charge on any atom is -0.352 e. The number of carbonyl (C=O) groups is 1. The topological polar surface area (TPSA) is 78.9 Å². The summed E-state index contributed by atoms with van der Waals surface area (Å²) < 4.78 is 0. The molecule has 3 rings (SSSR count). The molecular formula is C15H19Cl2N5O. The SMILES string of the molecule is Cl.Cl.O=C(NCC1CNC1)c1cccc(Nc2cnccn2)c1. The van der Waals surface area contributed by atoms with E-state index in [-0.39, 0.29) is 30.7 Å². The Hall–Kier alpha value is -1.89. The van der Waals surface area contributed by atoms with Crippen LogP contribution in [-0.2, 0) is 0 Å². The van der Waals surface area contributed by atoms with Gasteiger partial charge in [-0.2, -0.15) is 0 Å². The van der Waals surface area contributed by atoms with Crippen molar-refractivity contribution >= 4 is 42.2 Å². The van der Waals surface area contributed by atoms with Crippen molar-refractivity contribution in [1.29, 1.82) is 0 Å². The number of rotatable bonds is 5. The summed E-state index contributed by atoms with van der Waals surface area (Å²) in [5.74, 6) is 1.15. The first-order valence-electron chi connectivity index (χ1n) is 6.93. The molecule has 3 N–H and O–H groups in total. The molecule has 1 aromatic carbocycles. The first-order valence-corrected chi connectivity index (χ1v) is 6.93. The second-order valence-electron chi connectivity index (χ2n) is 5.03. The van der Waals surface area contributed by atoms with Gasteiger partial charge in [0.15, 0.2) is 0 Å². The van der Waals surface area contributed by atoms with Gasteiger partial charge in [-0.1, -0.05) is 6.07 Å². The van der Waals surface area contributed by atoms with Crippen LogP contribution in [0, 0.1) is 5.92 Å². The van der Waals surface area contributed by atoms with Crippen molar-refractivity contribution in [3.05, 3.63) is 48.4 Å². The highest BCUT2D eigenvalue weighted by atomic mass is 35.5. The summed E-state index contributed by atoms with van der Waals surface area (Å²) in [4.78, 5) is 20.2. The second-order valence-corrected chi connectivity index (χ2v) is 5.03. The number of hydrogen-bond donors (Lipinski definition) is 3. The van der Waals surface area contributed by atoms with Gasteiger partial charge in [0.1, 0.15) is 5.82 Å². The van der Waals surface area contributed by atoms with E-state index in [0.29, 0.717) is 23.8 Å². The number of carbonyl (C=O) groups excluding carboxylic acids is 1. The number of nitrogens with zero attached hydrogens (tertiary/aromatic N) is 2. The Labute approximate surface area is 147 Å². The number of halogens is 2. The molecule has 0 unspecified atom stereocenters. The van der Waals surface area contributed by atoms with E-state index < -0.39 is 0 Å². The lowest BCUT2D eigenvalue weighted by Crippen LogP contribution is -2.48. The highest BCUT2D eigenvalue weighted by Gasteiger charge is 2.17. The fraction of sp³-hybridized carbons (Fsp3) is 0.267. The molecule has 1 aliphatic rings. The lowest BCUT2D eigenvalue weighted by Gasteiger charge is -2.27. The van der Waals surface area contributed by atoms with Crippen LogP contribution in [0.25, 0.3) is 0 Å². The van der Waals surface area contributed by atoms with Gasteiger partial charge in [-0.05, 0) is 18.2 Å². The number of nitrogens with one attached hydrogen (secondary N) is 3. The predicted molar refractivity (Wildman–Crippen MR) is 94.9 cm³/mol. The highest BCUT2D eigenvalue weighted by Crippen LogP contribution is 2.15. The minimum absolute atomic E-state index is 0. The summed E-state index contributed by atoms with van der Waals surface area (Å²) in [6.45, 7) is 2.68. The zero-order valence-corrected chi connectivity index (χ0v) is 14.0. The van der Waals surface area contributed by atoms with Gasteiger partial charge in [-0.15, -0.1) is 24.8 Å². The maximum absolute atomic E-state index is 12.1. The number of benzene rings is 1. The van der Waals surface area contributed by atoms with Crippen LogP contribution in [0.3, 0.4) is 0 Å². The van der Waals surface area contributed by atoms with E-state index in [4.69, 9.17) is 0 Å². The zero-order chi connectivity index (χ0) is 14.5. The average molecular weight is 356 g/mol. The van der Waals surface area contributed by atoms with Crippen LogP contribution < -0.4 is 16.0 Å². The van der Waals surface area contributed by atoms with Crippen molar-refractivity contribution in [2.24, 2.45) is 5.92 Å². The molecule has 1 aliphatic heterocycles. The van der Waals surface area contributed by atoms with Gasteiger partial charge in [0, 0.05) is 49.2 Å². The summed E-state index contributed by atoms with van der Waals surface area (Å²) in [6, 6.07) is 7.35.